The highest BCUT2D eigenvalue weighted by Gasteiger charge is 2.12. The molecule has 0 fully saturated rings. The molecule has 0 N–H and O–H groups in total. The summed E-state index contributed by atoms with van der Waals surface area (Å²) in [5.41, 5.74) is 0.570. The molecule has 0 aliphatic carbocycles. The number of hydrogen-bond acceptors (Lipinski definition) is 4. The van der Waals surface area contributed by atoms with Crippen molar-refractivity contribution in [2.24, 2.45) is 0 Å². The third-order valence-corrected chi connectivity index (χ3v) is 3.87. The van der Waals surface area contributed by atoms with Gasteiger partial charge in [-0.05, 0) is 24.3 Å². The van der Waals surface area contributed by atoms with Crippen LogP contribution in [0.2, 0.25) is 4.34 Å². The van der Waals surface area contributed by atoms with E-state index in [-0.39, 0.29) is 5.78 Å². The Bertz CT molecular complexity index is 570. The second-order valence-electron chi connectivity index (χ2n) is 3.91. The number of methoxy groups -OCH3 is 2. The molecule has 0 saturated heterocycles. The Morgan fingerprint density at radius 3 is 2.26 bits per heavy atom. The lowest BCUT2D eigenvalue weighted by molar-refractivity contribution is 0.0993. The Morgan fingerprint density at radius 1 is 1.16 bits per heavy atom. The largest absolute Gasteiger partial charge is 0.497 e. The Hall–Kier alpha value is -1.52. The number of rotatable bonds is 5. The van der Waals surface area contributed by atoms with E-state index in [2.05, 4.69) is 0 Å². The van der Waals surface area contributed by atoms with E-state index < -0.39 is 0 Å². The molecule has 0 aliphatic heterocycles. The topological polar surface area (TPSA) is 35.5 Å². The standard InChI is InChI=1S/C14H13ClO3S/c1-17-10-5-9(6-11(7-10)18-2)13(16)8-12-3-4-14(15)19-12/h3-7H,8H2,1-2H3. The fourth-order valence-electron chi connectivity index (χ4n) is 1.68. The van der Waals surface area contributed by atoms with Crippen molar-refractivity contribution in [2.45, 2.75) is 6.42 Å². The fourth-order valence-corrected chi connectivity index (χ4v) is 2.76. The highest BCUT2D eigenvalue weighted by Crippen LogP contribution is 2.26. The molecule has 19 heavy (non-hydrogen) atoms. The number of carbonyl (C=O) groups excluding carboxylic acids is 1. The molecule has 3 nitrogen and oxygen atoms in total. The molecular weight excluding hydrogens is 284 g/mol. The van der Waals surface area contributed by atoms with Gasteiger partial charge in [0.2, 0.25) is 0 Å². The third kappa shape index (κ3) is 3.49. The zero-order valence-electron chi connectivity index (χ0n) is 10.6. The lowest BCUT2D eigenvalue weighted by Gasteiger charge is -2.07. The predicted octanol–water partition coefficient (Wildman–Crippen LogP) is 3.84. The van der Waals surface area contributed by atoms with Gasteiger partial charge in [-0.15, -0.1) is 11.3 Å². The van der Waals surface area contributed by atoms with Gasteiger partial charge in [-0.1, -0.05) is 11.6 Å². The number of hydrogen-bond donors (Lipinski definition) is 0. The van der Waals surface area contributed by atoms with Crippen LogP contribution in [-0.2, 0) is 6.42 Å². The summed E-state index contributed by atoms with van der Waals surface area (Å²) in [7, 11) is 3.12. The van der Waals surface area contributed by atoms with E-state index in [1.165, 1.54) is 11.3 Å². The van der Waals surface area contributed by atoms with Gasteiger partial charge >= 0.3 is 0 Å². The van der Waals surface area contributed by atoms with Crippen molar-refractivity contribution in [2.75, 3.05) is 14.2 Å². The second-order valence-corrected chi connectivity index (χ2v) is 5.71. The lowest BCUT2D eigenvalue weighted by atomic mass is 10.1. The average molecular weight is 297 g/mol. The first-order chi connectivity index (χ1) is 9.12. The van der Waals surface area contributed by atoms with E-state index in [9.17, 15) is 4.79 Å². The minimum absolute atomic E-state index is 0.00992. The van der Waals surface area contributed by atoms with Gasteiger partial charge < -0.3 is 9.47 Å². The summed E-state index contributed by atoms with van der Waals surface area (Å²) < 4.78 is 11.0. The van der Waals surface area contributed by atoms with Crippen LogP contribution >= 0.6 is 22.9 Å². The quantitative estimate of drug-likeness (QED) is 0.786. The highest BCUT2D eigenvalue weighted by atomic mass is 35.5. The van der Waals surface area contributed by atoms with E-state index in [4.69, 9.17) is 21.1 Å². The monoisotopic (exact) mass is 296 g/mol. The van der Waals surface area contributed by atoms with Crippen LogP contribution in [0, 0.1) is 0 Å². The van der Waals surface area contributed by atoms with Crippen molar-refractivity contribution < 1.29 is 14.3 Å². The minimum Gasteiger partial charge on any atom is -0.497 e. The van der Waals surface area contributed by atoms with Crippen LogP contribution in [0.25, 0.3) is 0 Å². The Balaban J connectivity index is 2.22. The van der Waals surface area contributed by atoms with Crippen molar-refractivity contribution in [1.29, 1.82) is 0 Å². The molecule has 0 atom stereocenters. The molecule has 1 aromatic heterocycles. The molecule has 5 heteroatoms. The van der Waals surface area contributed by atoms with E-state index in [1.807, 2.05) is 6.07 Å². The van der Waals surface area contributed by atoms with Gasteiger partial charge in [-0.2, -0.15) is 0 Å². The molecule has 0 amide bonds. The van der Waals surface area contributed by atoms with E-state index >= 15 is 0 Å². The Morgan fingerprint density at radius 2 is 1.79 bits per heavy atom. The van der Waals surface area contributed by atoms with Crippen molar-refractivity contribution in [3.63, 3.8) is 0 Å². The van der Waals surface area contributed by atoms with Crippen molar-refractivity contribution in [1.82, 2.24) is 0 Å². The summed E-state index contributed by atoms with van der Waals surface area (Å²) in [4.78, 5) is 13.2. The molecule has 0 unspecified atom stereocenters. The molecule has 0 bridgehead atoms. The predicted molar refractivity (Wildman–Crippen MR) is 76.9 cm³/mol. The molecule has 2 aromatic rings. The van der Waals surface area contributed by atoms with Crippen LogP contribution in [0.15, 0.2) is 30.3 Å². The van der Waals surface area contributed by atoms with Crippen molar-refractivity contribution in [3.8, 4) is 11.5 Å². The SMILES string of the molecule is COc1cc(OC)cc(C(=O)Cc2ccc(Cl)s2)c1. The molecule has 0 radical (unpaired) electrons. The van der Waals surface area contributed by atoms with Gasteiger partial charge in [0.25, 0.3) is 0 Å². The zero-order chi connectivity index (χ0) is 13.8. The fraction of sp³-hybridized carbons (Fsp3) is 0.214. The van der Waals surface area contributed by atoms with Gasteiger partial charge in [0.15, 0.2) is 5.78 Å². The van der Waals surface area contributed by atoms with Crippen LogP contribution in [-0.4, -0.2) is 20.0 Å². The van der Waals surface area contributed by atoms with Crippen LogP contribution < -0.4 is 9.47 Å². The molecule has 0 saturated carbocycles. The van der Waals surface area contributed by atoms with Gasteiger partial charge in [-0.25, -0.2) is 0 Å². The Labute approximate surface area is 120 Å². The molecular formula is C14H13ClO3S. The highest BCUT2D eigenvalue weighted by molar-refractivity contribution is 7.16. The first-order valence-electron chi connectivity index (χ1n) is 5.63. The number of carbonyl (C=O) groups is 1. The van der Waals surface area contributed by atoms with Crippen molar-refractivity contribution in [3.05, 3.63) is 45.1 Å². The van der Waals surface area contributed by atoms with E-state index in [0.717, 1.165) is 4.88 Å². The third-order valence-electron chi connectivity index (χ3n) is 2.64. The smallest absolute Gasteiger partial charge is 0.168 e. The van der Waals surface area contributed by atoms with Gasteiger partial charge in [-0.3, -0.25) is 4.79 Å². The Kier molecular flexibility index (Phi) is 4.45. The van der Waals surface area contributed by atoms with Crippen molar-refractivity contribution >= 4 is 28.7 Å². The number of benzene rings is 1. The molecule has 1 heterocycles. The lowest BCUT2D eigenvalue weighted by Crippen LogP contribution is -2.03. The maximum Gasteiger partial charge on any atom is 0.168 e. The van der Waals surface area contributed by atoms with Gasteiger partial charge in [0.1, 0.15) is 11.5 Å². The summed E-state index contributed by atoms with van der Waals surface area (Å²) in [5, 5.41) is 0. The number of ether oxygens (including phenoxy) is 2. The minimum atomic E-state index is 0.00992. The normalized spacial score (nSPS) is 10.3. The van der Waals surface area contributed by atoms with Crippen LogP contribution in [0.1, 0.15) is 15.2 Å². The molecule has 1 aromatic carbocycles. The summed E-state index contributed by atoms with van der Waals surface area (Å²) in [6.07, 6.45) is 0.327. The van der Waals surface area contributed by atoms with Crippen LogP contribution in [0.4, 0.5) is 0 Å². The van der Waals surface area contributed by atoms with Crippen LogP contribution in [0.5, 0.6) is 11.5 Å². The van der Waals surface area contributed by atoms with Gasteiger partial charge in [0.05, 0.1) is 18.6 Å². The number of thiophene rings is 1. The number of ketones is 1. The maximum atomic E-state index is 12.2. The number of Topliss-reactive ketones (excluding diaryl/α,β-unsaturated/α-hetero) is 1. The summed E-state index contributed by atoms with van der Waals surface area (Å²) >= 11 is 7.27. The zero-order valence-corrected chi connectivity index (χ0v) is 12.2. The van der Waals surface area contributed by atoms with E-state index in [1.54, 1.807) is 38.5 Å². The molecule has 2 rings (SSSR count). The molecule has 100 valence electrons. The van der Waals surface area contributed by atoms with E-state index in [0.29, 0.717) is 27.8 Å². The summed E-state index contributed by atoms with van der Waals surface area (Å²) in [6, 6.07) is 8.81. The summed E-state index contributed by atoms with van der Waals surface area (Å²) in [6.45, 7) is 0. The second kappa shape index (κ2) is 6.08. The maximum absolute atomic E-state index is 12.2. The first-order valence-corrected chi connectivity index (χ1v) is 6.82. The average Bonchev–Trinajstić information content (AvgIpc) is 2.83. The summed E-state index contributed by atoms with van der Waals surface area (Å²) in [5.74, 6) is 1.22. The number of halogens is 1. The molecule has 0 aliphatic rings. The van der Waals surface area contributed by atoms with Gasteiger partial charge in [0, 0.05) is 22.9 Å². The first kappa shape index (κ1) is 13.9. The van der Waals surface area contributed by atoms with Crippen LogP contribution in [0.3, 0.4) is 0 Å². The molecule has 0 spiro atoms.